The molecule has 5 unspecified atom stereocenters. The normalized spacial score (nSPS) is 36.2. The molecule has 1 aromatic carbocycles. The Hall–Kier alpha value is -1.63. The molecule has 2 fully saturated rings. The van der Waals surface area contributed by atoms with Crippen molar-refractivity contribution in [2.45, 2.75) is 51.0 Å². The van der Waals surface area contributed by atoms with Crippen molar-refractivity contribution in [2.75, 3.05) is 20.7 Å². The van der Waals surface area contributed by atoms with Gasteiger partial charge in [-0.3, -0.25) is 0 Å². The number of hydrogen-bond donors (Lipinski definition) is 2. The van der Waals surface area contributed by atoms with Gasteiger partial charge >= 0.3 is 0 Å². The molecule has 0 spiro atoms. The highest BCUT2D eigenvalue weighted by atomic mass is 16.7. The van der Waals surface area contributed by atoms with E-state index in [2.05, 4.69) is 18.1 Å². The van der Waals surface area contributed by atoms with E-state index in [4.69, 9.17) is 19.3 Å². The highest BCUT2D eigenvalue weighted by Crippen LogP contribution is 2.61. The van der Waals surface area contributed by atoms with Gasteiger partial charge in [-0.15, -0.1) is 0 Å². The molecule has 2 saturated carbocycles. The number of rotatable bonds is 5. The van der Waals surface area contributed by atoms with Gasteiger partial charge in [0.15, 0.2) is 6.79 Å². The molecule has 0 aromatic heterocycles. The minimum Gasteiger partial charge on any atom is -0.468 e. The predicted molar refractivity (Wildman–Crippen MR) is 100 cm³/mol. The number of nitrogens with zero attached hydrogens (tertiary/aromatic N) is 1. The fourth-order valence-electron chi connectivity index (χ4n) is 6.04. The summed E-state index contributed by atoms with van der Waals surface area (Å²) < 4.78 is 16.4. The third-order valence-electron chi connectivity index (χ3n) is 7.25. The van der Waals surface area contributed by atoms with Gasteiger partial charge in [-0.25, -0.2) is 0 Å². The van der Waals surface area contributed by atoms with Gasteiger partial charge in [-0.1, -0.05) is 18.1 Å². The highest BCUT2D eigenvalue weighted by molar-refractivity contribution is 6.03. The monoisotopic (exact) mass is 375 g/mol. The first kappa shape index (κ1) is 18.7. The summed E-state index contributed by atoms with van der Waals surface area (Å²) in [5.74, 6) is 2.08. The van der Waals surface area contributed by atoms with E-state index >= 15 is 0 Å². The molecule has 0 radical (unpaired) electrons. The topological polar surface area (TPSA) is 80.5 Å². The highest BCUT2D eigenvalue weighted by Gasteiger charge is 2.56. The lowest BCUT2D eigenvalue weighted by atomic mass is 9.55. The van der Waals surface area contributed by atoms with Crippen LogP contribution in [0.15, 0.2) is 23.4 Å². The lowest BCUT2D eigenvalue weighted by Crippen LogP contribution is -2.45. The fraction of sp³-hybridized carbons (Fsp3) is 0.667. The molecule has 1 aromatic rings. The van der Waals surface area contributed by atoms with Gasteiger partial charge in [0, 0.05) is 12.7 Å². The number of benzene rings is 1. The average molecular weight is 375 g/mol. The van der Waals surface area contributed by atoms with Gasteiger partial charge in [0.05, 0.1) is 11.8 Å². The number of aliphatic hydroxyl groups excluding tert-OH is 1. The first-order valence-corrected chi connectivity index (χ1v) is 9.81. The average Bonchev–Trinajstić information content (AvgIpc) is 3.02. The molecule has 3 aliphatic carbocycles. The van der Waals surface area contributed by atoms with Crippen LogP contribution >= 0.6 is 0 Å². The van der Waals surface area contributed by atoms with Gasteiger partial charge in [0.25, 0.3) is 0 Å². The van der Waals surface area contributed by atoms with Gasteiger partial charge < -0.3 is 24.5 Å². The smallest absolute Gasteiger partial charge is 0.186 e. The first-order valence-electron chi connectivity index (χ1n) is 9.81. The molecule has 0 saturated heterocycles. The maximum atomic E-state index is 9.68. The maximum absolute atomic E-state index is 9.68. The van der Waals surface area contributed by atoms with E-state index < -0.39 is 0 Å². The van der Waals surface area contributed by atoms with Crippen LogP contribution in [0.25, 0.3) is 0 Å². The van der Waals surface area contributed by atoms with Crippen LogP contribution in [0.1, 0.15) is 56.1 Å². The van der Waals surface area contributed by atoms with E-state index in [1.807, 2.05) is 12.1 Å². The summed E-state index contributed by atoms with van der Waals surface area (Å²) in [6.45, 7) is 2.35. The summed E-state index contributed by atoms with van der Waals surface area (Å²) in [6.07, 6.45) is 5.46. The van der Waals surface area contributed by atoms with Gasteiger partial charge in [-0.2, -0.15) is 0 Å². The SMILES string of the molecule is COCOC1CCC2C3C/C(=N\O)c4cc(OCO)ccc4C3CCC12C. The summed E-state index contributed by atoms with van der Waals surface area (Å²) in [7, 11) is 1.67. The zero-order chi connectivity index (χ0) is 19.0. The number of hydrogen-bond acceptors (Lipinski definition) is 6. The number of aliphatic hydroxyl groups is 1. The number of methoxy groups -OCH3 is 1. The van der Waals surface area contributed by atoms with Crippen molar-refractivity contribution in [1.82, 2.24) is 0 Å². The summed E-state index contributed by atoms with van der Waals surface area (Å²) in [6, 6.07) is 5.88. The molecule has 148 valence electrons. The maximum Gasteiger partial charge on any atom is 0.186 e. The van der Waals surface area contributed by atoms with Crippen LogP contribution in [-0.2, 0) is 9.47 Å². The van der Waals surface area contributed by atoms with E-state index in [1.165, 1.54) is 5.56 Å². The van der Waals surface area contributed by atoms with Crippen molar-refractivity contribution in [1.29, 1.82) is 0 Å². The molecule has 6 heteroatoms. The summed E-state index contributed by atoms with van der Waals surface area (Å²) in [5.41, 5.74) is 3.07. The van der Waals surface area contributed by atoms with Crippen LogP contribution in [-0.4, -0.2) is 42.8 Å². The van der Waals surface area contributed by atoms with Crippen molar-refractivity contribution < 1.29 is 24.5 Å². The van der Waals surface area contributed by atoms with Crippen LogP contribution in [0.3, 0.4) is 0 Å². The molecule has 0 aliphatic heterocycles. The molecule has 3 aliphatic rings. The van der Waals surface area contributed by atoms with Gasteiger partial charge in [0.2, 0.25) is 0 Å². The Morgan fingerprint density at radius 2 is 2.11 bits per heavy atom. The van der Waals surface area contributed by atoms with Crippen LogP contribution in [0, 0.1) is 17.3 Å². The second-order valence-electron chi connectivity index (χ2n) is 8.33. The second kappa shape index (κ2) is 7.41. The third kappa shape index (κ3) is 3.04. The van der Waals surface area contributed by atoms with Crippen molar-refractivity contribution in [3.05, 3.63) is 29.3 Å². The lowest BCUT2D eigenvalue weighted by molar-refractivity contribution is -0.124. The van der Waals surface area contributed by atoms with E-state index in [9.17, 15) is 5.21 Å². The van der Waals surface area contributed by atoms with Gasteiger partial charge in [-0.05, 0) is 73.0 Å². The van der Waals surface area contributed by atoms with Crippen LogP contribution in [0.4, 0.5) is 0 Å². The zero-order valence-corrected chi connectivity index (χ0v) is 16.1. The zero-order valence-electron chi connectivity index (χ0n) is 16.1. The standard InChI is InChI=1S/C21H29NO5/c1-21-8-7-15-14-4-3-13(26-11-23)9-17(14)19(22-24)10-16(15)18(21)5-6-20(21)27-12-25-2/h3-4,9,15-16,18,20,23-24H,5-8,10-12H2,1-2H3/b22-19+. The third-order valence-corrected chi connectivity index (χ3v) is 7.25. The lowest BCUT2D eigenvalue weighted by Gasteiger charge is -2.50. The summed E-state index contributed by atoms with van der Waals surface area (Å²) in [5, 5.41) is 22.3. The van der Waals surface area contributed by atoms with E-state index in [1.54, 1.807) is 7.11 Å². The molecule has 27 heavy (non-hydrogen) atoms. The number of oxime groups is 1. The molecular weight excluding hydrogens is 346 g/mol. The van der Waals surface area contributed by atoms with Crippen LogP contribution < -0.4 is 4.74 Å². The minimum atomic E-state index is -0.361. The molecule has 4 rings (SSSR count). The molecular formula is C21H29NO5. The minimum absolute atomic E-state index is 0.151. The Bertz CT molecular complexity index is 721. The van der Waals surface area contributed by atoms with Crippen molar-refractivity contribution in [2.24, 2.45) is 22.4 Å². The van der Waals surface area contributed by atoms with Crippen molar-refractivity contribution in [3.8, 4) is 5.75 Å². The van der Waals surface area contributed by atoms with E-state index in [-0.39, 0.29) is 18.3 Å². The fourth-order valence-corrected chi connectivity index (χ4v) is 6.04. The Morgan fingerprint density at radius 1 is 1.26 bits per heavy atom. The first-order chi connectivity index (χ1) is 13.1. The van der Waals surface area contributed by atoms with Gasteiger partial charge in [0.1, 0.15) is 12.5 Å². The molecule has 0 bridgehead atoms. The molecule has 0 heterocycles. The molecule has 6 nitrogen and oxygen atoms in total. The second-order valence-corrected chi connectivity index (χ2v) is 8.33. The summed E-state index contributed by atoms with van der Waals surface area (Å²) in [4.78, 5) is 0. The van der Waals surface area contributed by atoms with E-state index in [0.717, 1.165) is 43.4 Å². The molecule has 5 atom stereocenters. The van der Waals surface area contributed by atoms with E-state index in [0.29, 0.717) is 30.3 Å². The van der Waals surface area contributed by atoms with Crippen molar-refractivity contribution in [3.63, 3.8) is 0 Å². The Morgan fingerprint density at radius 3 is 2.85 bits per heavy atom. The predicted octanol–water partition coefficient (Wildman–Crippen LogP) is 3.50. The quantitative estimate of drug-likeness (QED) is 0.468. The number of fused-ring (bicyclic) bond motifs is 5. The largest absolute Gasteiger partial charge is 0.468 e. The number of ether oxygens (including phenoxy) is 3. The summed E-state index contributed by atoms with van der Waals surface area (Å²) >= 11 is 0. The Labute approximate surface area is 160 Å². The van der Waals surface area contributed by atoms with Crippen LogP contribution in [0.5, 0.6) is 5.75 Å². The van der Waals surface area contributed by atoms with Crippen molar-refractivity contribution >= 4 is 5.71 Å². The molecule has 2 N–H and O–H groups in total. The van der Waals surface area contributed by atoms with Crippen LogP contribution in [0.2, 0.25) is 0 Å². The Kier molecular flexibility index (Phi) is 5.14. The Balaban J connectivity index is 1.65. The molecule has 0 amide bonds.